The summed E-state index contributed by atoms with van der Waals surface area (Å²) in [5.41, 5.74) is 1.32. The summed E-state index contributed by atoms with van der Waals surface area (Å²) in [5, 5.41) is 3.34. The van der Waals surface area contributed by atoms with Crippen LogP contribution in [0.2, 0.25) is 5.02 Å². The molecule has 2 aromatic rings. The van der Waals surface area contributed by atoms with Crippen LogP contribution in [0.15, 0.2) is 47.4 Å². The van der Waals surface area contributed by atoms with E-state index in [0.29, 0.717) is 42.6 Å². The molecule has 0 aliphatic carbocycles. The predicted molar refractivity (Wildman–Crippen MR) is 114 cm³/mol. The van der Waals surface area contributed by atoms with Gasteiger partial charge in [0.15, 0.2) is 0 Å². The van der Waals surface area contributed by atoms with E-state index in [1.54, 1.807) is 13.0 Å². The SMILES string of the molecule is CCC(=O)Nc1cc(S(=O)(=O)N2CCN(c3cccc(Cl)c3)CC2)ccc1OC. The smallest absolute Gasteiger partial charge is 0.243 e. The van der Waals surface area contributed by atoms with Crippen molar-refractivity contribution in [2.75, 3.05) is 43.5 Å². The molecule has 0 unspecified atom stereocenters. The quantitative estimate of drug-likeness (QED) is 0.750. The monoisotopic (exact) mass is 437 g/mol. The number of amides is 1. The maximum atomic E-state index is 13.1. The Kier molecular flexibility index (Phi) is 6.66. The van der Waals surface area contributed by atoms with E-state index in [9.17, 15) is 13.2 Å². The number of benzene rings is 2. The van der Waals surface area contributed by atoms with Gasteiger partial charge in [0.1, 0.15) is 5.75 Å². The highest BCUT2D eigenvalue weighted by molar-refractivity contribution is 7.89. The number of rotatable bonds is 6. The predicted octanol–water partition coefficient (Wildman–Crippen LogP) is 3.21. The van der Waals surface area contributed by atoms with Gasteiger partial charge >= 0.3 is 0 Å². The van der Waals surface area contributed by atoms with Crippen molar-refractivity contribution in [3.63, 3.8) is 0 Å². The van der Waals surface area contributed by atoms with Crippen LogP contribution in [0.5, 0.6) is 5.75 Å². The highest BCUT2D eigenvalue weighted by Crippen LogP contribution is 2.30. The first-order valence-corrected chi connectivity index (χ1v) is 11.2. The number of piperazine rings is 1. The first-order chi connectivity index (χ1) is 13.8. The minimum Gasteiger partial charge on any atom is -0.495 e. The molecule has 1 aliphatic heterocycles. The van der Waals surface area contributed by atoms with Gasteiger partial charge in [-0.3, -0.25) is 4.79 Å². The largest absolute Gasteiger partial charge is 0.495 e. The number of nitrogens with one attached hydrogen (secondary N) is 1. The summed E-state index contributed by atoms with van der Waals surface area (Å²) in [7, 11) is -2.22. The van der Waals surface area contributed by atoms with E-state index in [1.807, 2.05) is 24.3 Å². The Morgan fingerprint density at radius 2 is 1.86 bits per heavy atom. The lowest BCUT2D eigenvalue weighted by molar-refractivity contribution is -0.115. The summed E-state index contributed by atoms with van der Waals surface area (Å²) in [4.78, 5) is 14.0. The van der Waals surface area contributed by atoms with E-state index in [4.69, 9.17) is 16.3 Å². The highest BCUT2D eigenvalue weighted by Gasteiger charge is 2.29. The number of halogens is 1. The number of methoxy groups -OCH3 is 1. The average molecular weight is 438 g/mol. The number of ether oxygens (including phenoxy) is 1. The van der Waals surface area contributed by atoms with Crippen molar-refractivity contribution in [2.45, 2.75) is 18.2 Å². The van der Waals surface area contributed by atoms with Gasteiger partial charge in [0, 0.05) is 43.3 Å². The molecule has 1 N–H and O–H groups in total. The van der Waals surface area contributed by atoms with Gasteiger partial charge in [0.05, 0.1) is 17.7 Å². The number of sulfonamides is 1. The highest BCUT2D eigenvalue weighted by atomic mass is 35.5. The molecule has 1 aliphatic rings. The third kappa shape index (κ3) is 4.83. The van der Waals surface area contributed by atoms with E-state index in [0.717, 1.165) is 5.69 Å². The van der Waals surface area contributed by atoms with E-state index >= 15 is 0 Å². The van der Waals surface area contributed by atoms with Crippen molar-refractivity contribution in [1.29, 1.82) is 0 Å². The molecule has 0 spiro atoms. The fourth-order valence-electron chi connectivity index (χ4n) is 3.19. The second-order valence-corrected chi connectivity index (χ2v) is 9.01. The summed E-state index contributed by atoms with van der Waals surface area (Å²) in [6.45, 7) is 3.57. The molecule has 0 atom stereocenters. The fourth-order valence-corrected chi connectivity index (χ4v) is 4.83. The van der Waals surface area contributed by atoms with Gasteiger partial charge in [0.2, 0.25) is 15.9 Å². The third-order valence-electron chi connectivity index (χ3n) is 4.82. The Bertz CT molecular complexity index is 989. The molecule has 1 fully saturated rings. The van der Waals surface area contributed by atoms with Crippen LogP contribution in [0.3, 0.4) is 0 Å². The summed E-state index contributed by atoms with van der Waals surface area (Å²) in [6, 6.07) is 12.0. The third-order valence-corrected chi connectivity index (χ3v) is 6.95. The van der Waals surface area contributed by atoms with E-state index in [-0.39, 0.29) is 17.2 Å². The number of hydrogen-bond acceptors (Lipinski definition) is 5. The van der Waals surface area contributed by atoms with Gasteiger partial charge in [0.25, 0.3) is 0 Å². The van der Waals surface area contributed by atoms with Crippen LogP contribution in [0.4, 0.5) is 11.4 Å². The van der Waals surface area contributed by atoms with Gasteiger partial charge in [-0.1, -0.05) is 24.6 Å². The number of carbonyl (C=O) groups excluding carboxylic acids is 1. The molecular formula is C20H24ClN3O4S. The van der Waals surface area contributed by atoms with E-state index in [2.05, 4.69) is 10.2 Å². The standard InChI is InChI=1S/C20H24ClN3O4S/c1-3-20(25)22-18-14-17(7-8-19(18)28-2)29(26,27)24-11-9-23(10-12-24)16-6-4-5-15(21)13-16/h4-8,13-14H,3,9-12H2,1-2H3,(H,22,25). The Balaban J connectivity index is 1.77. The molecule has 156 valence electrons. The number of anilines is 2. The molecule has 29 heavy (non-hydrogen) atoms. The first kappa shape index (κ1) is 21.4. The molecule has 7 nitrogen and oxygen atoms in total. The summed E-state index contributed by atoms with van der Waals surface area (Å²) in [5.74, 6) is 0.199. The molecule has 0 radical (unpaired) electrons. The van der Waals surface area contributed by atoms with Crippen molar-refractivity contribution in [3.05, 3.63) is 47.5 Å². The first-order valence-electron chi connectivity index (χ1n) is 9.33. The number of hydrogen-bond donors (Lipinski definition) is 1. The number of nitrogens with zero attached hydrogens (tertiary/aromatic N) is 2. The van der Waals surface area contributed by atoms with Crippen molar-refractivity contribution >= 4 is 38.9 Å². The van der Waals surface area contributed by atoms with Crippen LogP contribution in [-0.2, 0) is 14.8 Å². The van der Waals surface area contributed by atoms with Crippen molar-refractivity contribution in [2.24, 2.45) is 0 Å². The Morgan fingerprint density at radius 1 is 1.14 bits per heavy atom. The van der Waals surface area contributed by atoms with Crippen LogP contribution in [-0.4, -0.2) is 51.9 Å². The van der Waals surface area contributed by atoms with E-state index < -0.39 is 10.0 Å². The maximum absolute atomic E-state index is 13.1. The summed E-state index contributed by atoms with van der Waals surface area (Å²) < 4.78 is 32.9. The summed E-state index contributed by atoms with van der Waals surface area (Å²) in [6.07, 6.45) is 0.283. The lowest BCUT2D eigenvalue weighted by Gasteiger charge is -2.35. The van der Waals surface area contributed by atoms with E-state index in [1.165, 1.54) is 23.5 Å². The molecule has 0 saturated carbocycles. The zero-order chi connectivity index (χ0) is 21.0. The molecule has 3 rings (SSSR count). The van der Waals surface area contributed by atoms with Gasteiger partial charge in [-0.2, -0.15) is 4.31 Å². The zero-order valence-corrected chi connectivity index (χ0v) is 18.0. The average Bonchev–Trinajstić information content (AvgIpc) is 2.73. The lowest BCUT2D eigenvalue weighted by Crippen LogP contribution is -2.48. The van der Waals surface area contributed by atoms with Crippen LogP contribution >= 0.6 is 11.6 Å². The second kappa shape index (κ2) is 9.02. The molecular weight excluding hydrogens is 414 g/mol. The Hall–Kier alpha value is -2.29. The minimum absolute atomic E-state index is 0.126. The molecule has 1 heterocycles. The van der Waals surface area contributed by atoms with Crippen LogP contribution in [0, 0.1) is 0 Å². The van der Waals surface area contributed by atoms with Crippen LogP contribution in [0.1, 0.15) is 13.3 Å². The van der Waals surface area contributed by atoms with Crippen molar-refractivity contribution in [1.82, 2.24) is 4.31 Å². The molecule has 2 aromatic carbocycles. The van der Waals surface area contributed by atoms with Crippen molar-refractivity contribution < 1.29 is 17.9 Å². The van der Waals surface area contributed by atoms with Gasteiger partial charge in [-0.15, -0.1) is 0 Å². The van der Waals surface area contributed by atoms with Gasteiger partial charge in [-0.25, -0.2) is 8.42 Å². The van der Waals surface area contributed by atoms with Gasteiger partial charge in [-0.05, 0) is 36.4 Å². The molecule has 1 saturated heterocycles. The topological polar surface area (TPSA) is 79.0 Å². The molecule has 0 bridgehead atoms. The lowest BCUT2D eigenvalue weighted by atomic mass is 10.2. The maximum Gasteiger partial charge on any atom is 0.243 e. The van der Waals surface area contributed by atoms with Crippen LogP contribution < -0.4 is 15.0 Å². The normalized spacial score (nSPS) is 15.2. The summed E-state index contributed by atoms with van der Waals surface area (Å²) >= 11 is 6.06. The van der Waals surface area contributed by atoms with Crippen LogP contribution in [0.25, 0.3) is 0 Å². The minimum atomic E-state index is -3.69. The fraction of sp³-hybridized carbons (Fsp3) is 0.350. The molecule has 9 heteroatoms. The van der Waals surface area contributed by atoms with Crippen molar-refractivity contribution in [3.8, 4) is 5.75 Å². The Labute approximate surface area is 176 Å². The number of carbonyl (C=O) groups is 1. The molecule has 0 aromatic heterocycles. The van der Waals surface area contributed by atoms with Gasteiger partial charge < -0.3 is 15.0 Å². The Morgan fingerprint density at radius 3 is 2.48 bits per heavy atom. The second-order valence-electron chi connectivity index (χ2n) is 6.63. The molecule has 1 amide bonds. The zero-order valence-electron chi connectivity index (χ0n) is 16.4.